The van der Waals surface area contributed by atoms with Crippen molar-refractivity contribution in [3.63, 3.8) is 0 Å². The van der Waals surface area contributed by atoms with Crippen LogP contribution in [0.1, 0.15) is 12.0 Å². The topological polar surface area (TPSA) is 46.5 Å². The molecule has 16 heavy (non-hydrogen) atoms. The quantitative estimate of drug-likeness (QED) is 0.802. The number of aliphatic carboxylic acids is 1. The summed E-state index contributed by atoms with van der Waals surface area (Å²) in [6.07, 6.45) is 0.669. The first-order chi connectivity index (χ1) is 7.38. The summed E-state index contributed by atoms with van der Waals surface area (Å²) < 4.78 is 5.91. The molecule has 0 saturated carbocycles. The molecule has 0 saturated heterocycles. The zero-order chi connectivity index (χ0) is 12.2. The zero-order valence-electron chi connectivity index (χ0n) is 9.99. The smallest absolute Gasteiger partial charge is 0.303 e. The van der Waals surface area contributed by atoms with E-state index in [1.807, 2.05) is 24.3 Å². The third-order valence-corrected chi connectivity index (χ3v) is 2.83. The molecule has 0 fully saturated rings. The van der Waals surface area contributed by atoms with Gasteiger partial charge in [0.15, 0.2) is 0 Å². The molecule has 0 aromatic heterocycles. The molecule has 1 N–H and O–H groups in total. The lowest BCUT2D eigenvalue weighted by Gasteiger charge is -2.21. The highest BCUT2D eigenvalue weighted by atomic mass is 28.4. The second-order valence-electron chi connectivity index (χ2n) is 4.72. The molecule has 88 valence electrons. The molecule has 1 aromatic carbocycles. The first kappa shape index (κ1) is 12.8. The minimum absolute atomic E-state index is 0.145. The highest BCUT2D eigenvalue weighted by Gasteiger charge is 2.17. The molecular formula is C12H18O3Si. The van der Waals surface area contributed by atoms with Crippen molar-refractivity contribution in [3.05, 3.63) is 29.8 Å². The summed E-state index contributed by atoms with van der Waals surface area (Å²) in [5, 5.41) is 8.67. The van der Waals surface area contributed by atoms with Crippen LogP contribution in [0.5, 0.6) is 5.75 Å². The SMILES string of the molecule is C[Si](C)(C)Oc1ccccc1CCC(=O)O. The van der Waals surface area contributed by atoms with Crippen LogP contribution in [0.3, 0.4) is 0 Å². The lowest BCUT2D eigenvalue weighted by Crippen LogP contribution is -2.29. The van der Waals surface area contributed by atoms with Gasteiger partial charge in [0, 0.05) is 6.42 Å². The number of aryl methyl sites for hydroxylation is 1. The summed E-state index contributed by atoms with van der Waals surface area (Å²) in [6, 6.07) is 7.67. The maximum Gasteiger partial charge on any atom is 0.303 e. The monoisotopic (exact) mass is 238 g/mol. The fourth-order valence-corrected chi connectivity index (χ4v) is 2.24. The Morgan fingerprint density at radius 2 is 1.94 bits per heavy atom. The third-order valence-electron chi connectivity index (χ3n) is 2.00. The number of hydrogen-bond acceptors (Lipinski definition) is 2. The number of para-hydroxylation sites is 1. The molecule has 0 amide bonds. The van der Waals surface area contributed by atoms with Crippen molar-refractivity contribution in [2.75, 3.05) is 0 Å². The second kappa shape index (κ2) is 5.16. The maximum atomic E-state index is 10.5. The van der Waals surface area contributed by atoms with E-state index in [9.17, 15) is 4.79 Å². The molecule has 0 unspecified atom stereocenters. The third kappa shape index (κ3) is 4.48. The lowest BCUT2D eigenvalue weighted by atomic mass is 10.1. The Morgan fingerprint density at radius 1 is 1.31 bits per heavy atom. The van der Waals surface area contributed by atoms with Gasteiger partial charge in [0.25, 0.3) is 0 Å². The van der Waals surface area contributed by atoms with Crippen LogP contribution in [0, 0.1) is 0 Å². The molecule has 0 atom stereocenters. The minimum Gasteiger partial charge on any atom is -0.544 e. The van der Waals surface area contributed by atoms with Gasteiger partial charge in [-0.25, -0.2) is 0 Å². The van der Waals surface area contributed by atoms with Gasteiger partial charge in [0.05, 0.1) is 0 Å². The Kier molecular flexibility index (Phi) is 4.12. The number of carbonyl (C=O) groups is 1. The summed E-state index contributed by atoms with van der Waals surface area (Å²) in [5.41, 5.74) is 0.979. The van der Waals surface area contributed by atoms with Gasteiger partial charge in [0.1, 0.15) is 5.75 Å². The van der Waals surface area contributed by atoms with E-state index < -0.39 is 14.3 Å². The Bertz CT molecular complexity index is 369. The molecule has 0 aliphatic heterocycles. The van der Waals surface area contributed by atoms with Crippen LogP contribution < -0.4 is 4.43 Å². The molecule has 0 heterocycles. The van der Waals surface area contributed by atoms with Crippen molar-refractivity contribution in [3.8, 4) is 5.75 Å². The molecule has 0 bridgehead atoms. The number of benzene rings is 1. The molecular weight excluding hydrogens is 220 g/mol. The average Bonchev–Trinajstić information content (AvgIpc) is 2.14. The molecule has 3 nitrogen and oxygen atoms in total. The highest BCUT2D eigenvalue weighted by molar-refractivity contribution is 6.70. The zero-order valence-corrected chi connectivity index (χ0v) is 11.0. The van der Waals surface area contributed by atoms with Crippen molar-refractivity contribution in [1.29, 1.82) is 0 Å². The molecule has 1 rings (SSSR count). The lowest BCUT2D eigenvalue weighted by molar-refractivity contribution is -0.136. The summed E-state index contributed by atoms with van der Waals surface area (Å²) in [6.45, 7) is 6.34. The predicted molar refractivity (Wildman–Crippen MR) is 66.4 cm³/mol. The Labute approximate surface area is 97.2 Å². The molecule has 1 aromatic rings. The van der Waals surface area contributed by atoms with E-state index in [2.05, 4.69) is 19.6 Å². The minimum atomic E-state index is -1.63. The van der Waals surface area contributed by atoms with Crippen molar-refractivity contribution < 1.29 is 14.3 Å². The van der Waals surface area contributed by atoms with Crippen LogP contribution >= 0.6 is 0 Å². The van der Waals surface area contributed by atoms with Gasteiger partial charge in [-0.05, 0) is 37.7 Å². The van der Waals surface area contributed by atoms with E-state index in [1.165, 1.54) is 0 Å². The van der Waals surface area contributed by atoms with Gasteiger partial charge < -0.3 is 9.53 Å². The van der Waals surface area contributed by atoms with E-state index in [1.54, 1.807) is 0 Å². The summed E-state index contributed by atoms with van der Waals surface area (Å²) in [4.78, 5) is 10.5. The Hall–Kier alpha value is -1.29. The summed E-state index contributed by atoms with van der Waals surface area (Å²) in [5.74, 6) is 0.0609. The van der Waals surface area contributed by atoms with Crippen molar-refractivity contribution in [2.45, 2.75) is 32.5 Å². The fourth-order valence-electron chi connectivity index (χ4n) is 1.38. The van der Waals surface area contributed by atoms with Gasteiger partial charge in [0.2, 0.25) is 8.32 Å². The number of carboxylic acids is 1. The number of hydrogen-bond donors (Lipinski definition) is 1. The Morgan fingerprint density at radius 3 is 2.50 bits per heavy atom. The van der Waals surface area contributed by atoms with Crippen molar-refractivity contribution in [2.24, 2.45) is 0 Å². The first-order valence-electron chi connectivity index (χ1n) is 5.37. The van der Waals surface area contributed by atoms with Gasteiger partial charge in [-0.1, -0.05) is 18.2 Å². The van der Waals surface area contributed by atoms with Crippen LogP contribution in [0.2, 0.25) is 19.6 Å². The van der Waals surface area contributed by atoms with Crippen LogP contribution in [0.15, 0.2) is 24.3 Å². The van der Waals surface area contributed by atoms with Gasteiger partial charge in [-0.3, -0.25) is 4.79 Å². The standard InChI is InChI=1S/C12H18O3Si/c1-16(2,3)15-11-7-5-4-6-10(11)8-9-12(13)14/h4-7H,8-9H2,1-3H3,(H,13,14). The Balaban J connectivity index is 2.79. The van der Waals surface area contributed by atoms with Crippen molar-refractivity contribution in [1.82, 2.24) is 0 Å². The summed E-state index contributed by atoms with van der Waals surface area (Å²) >= 11 is 0. The van der Waals surface area contributed by atoms with E-state index >= 15 is 0 Å². The van der Waals surface area contributed by atoms with E-state index in [0.29, 0.717) is 6.42 Å². The van der Waals surface area contributed by atoms with Gasteiger partial charge in [-0.2, -0.15) is 0 Å². The van der Waals surface area contributed by atoms with Crippen LogP contribution in [-0.4, -0.2) is 19.4 Å². The maximum absolute atomic E-state index is 10.5. The first-order valence-corrected chi connectivity index (χ1v) is 8.78. The van der Waals surface area contributed by atoms with Gasteiger partial charge >= 0.3 is 5.97 Å². The molecule has 4 heteroatoms. The number of carboxylic acid groups (broad SMARTS) is 1. The normalized spacial score (nSPS) is 11.2. The van der Waals surface area contributed by atoms with E-state index in [4.69, 9.17) is 9.53 Å². The van der Waals surface area contributed by atoms with E-state index in [-0.39, 0.29) is 6.42 Å². The second-order valence-corrected chi connectivity index (χ2v) is 9.14. The predicted octanol–water partition coefficient (Wildman–Crippen LogP) is 2.92. The highest BCUT2D eigenvalue weighted by Crippen LogP contribution is 2.22. The van der Waals surface area contributed by atoms with Gasteiger partial charge in [-0.15, -0.1) is 0 Å². The number of rotatable bonds is 5. The van der Waals surface area contributed by atoms with Crippen LogP contribution in [0.25, 0.3) is 0 Å². The molecule has 0 radical (unpaired) electrons. The molecule has 0 spiro atoms. The molecule has 0 aliphatic carbocycles. The average molecular weight is 238 g/mol. The molecule has 0 aliphatic rings. The fraction of sp³-hybridized carbons (Fsp3) is 0.417. The van der Waals surface area contributed by atoms with E-state index in [0.717, 1.165) is 11.3 Å². The largest absolute Gasteiger partial charge is 0.544 e. The summed E-state index contributed by atoms with van der Waals surface area (Å²) in [7, 11) is -1.63. The van der Waals surface area contributed by atoms with Crippen LogP contribution in [-0.2, 0) is 11.2 Å². The van der Waals surface area contributed by atoms with Crippen molar-refractivity contribution >= 4 is 14.3 Å². The van der Waals surface area contributed by atoms with Crippen LogP contribution in [0.4, 0.5) is 0 Å².